The Bertz CT molecular complexity index is 783. The molecule has 1 saturated carbocycles. The maximum absolute atomic E-state index is 13.9. The Morgan fingerprint density at radius 1 is 1.22 bits per heavy atom. The first-order valence-corrected chi connectivity index (χ1v) is 8.56. The highest BCUT2D eigenvalue weighted by molar-refractivity contribution is 7.08. The topological polar surface area (TPSA) is 42.2 Å². The molecule has 118 valence electrons. The second kappa shape index (κ2) is 6.22. The molecule has 0 saturated heterocycles. The Morgan fingerprint density at radius 2 is 2.09 bits per heavy atom. The van der Waals surface area contributed by atoms with Crippen molar-refractivity contribution >= 4 is 11.3 Å². The van der Waals surface area contributed by atoms with Crippen LogP contribution in [-0.2, 0) is 13.1 Å². The van der Waals surface area contributed by atoms with E-state index in [9.17, 15) is 4.39 Å². The molecule has 1 fully saturated rings. The molecule has 0 spiro atoms. The van der Waals surface area contributed by atoms with Gasteiger partial charge in [-0.2, -0.15) is 16.3 Å². The lowest BCUT2D eigenvalue weighted by atomic mass is 10.2. The molecule has 1 aromatic carbocycles. The molecule has 4 rings (SSSR count). The van der Waals surface area contributed by atoms with Gasteiger partial charge in [0.15, 0.2) is 0 Å². The minimum atomic E-state index is -0.164. The highest BCUT2D eigenvalue weighted by Crippen LogP contribution is 2.30. The summed E-state index contributed by atoms with van der Waals surface area (Å²) in [4.78, 5) is 6.67. The Kier molecular flexibility index (Phi) is 3.93. The molecule has 0 radical (unpaired) electrons. The standard InChI is InChI=1S/C17H16FN3OS/c18-15-4-2-1-3-12(15)9-21(14-5-6-14)10-16-19-17(20-22-16)13-7-8-23-11-13/h1-4,7-8,11,14H,5-6,9-10H2. The van der Waals surface area contributed by atoms with E-state index < -0.39 is 0 Å². The third kappa shape index (κ3) is 3.33. The van der Waals surface area contributed by atoms with Gasteiger partial charge in [-0.25, -0.2) is 4.39 Å². The van der Waals surface area contributed by atoms with E-state index in [1.54, 1.807) is 17.4 Å². The van der Waals surface area contributed by atoms with E-state index in [0.717, 1.165) is 18.4 Å². The summed E-state index contributed by atoms with van der Waals surface area (Å²) in [6.07, 6.45) is 2.28. The van der Waals surface area contributed by atoms with Crippen molar-refractivity contribution in [1.82, 2.24) is 15.0 Å². The van der Waals surface area contributed by atoms with Crippen LogP contribution < -0.4 is 0 Å². The van der Waals surface area contributed by atoms with Gasteiger partial charge < -0.3 is 4.52 Å². The van der Waals surface area contributed by atoms with Crippen molar-refractivity contribution in [2.45, 2.75) is 32.0 Å². The fourth-order valence-electron chi connectivity index (χ4n) is 2.60. The van der Waals surface area contributed by atoms with E-state index in [1.165, 1.54) is 6.07 Å². The van der Waals surface area contributed by atoms with Crippen molar-refractivity contribution in [2.24, 2.45) is 0 Å². The van der Waals surface area contributed by atoms with Gasteiger partial charge in [0.05, 0.1) is 6.54 Å². The minimum absolute atomic E-state index is 0.164. The predicted molar refractivity (Wildman–Crippen MR) is 86.3 cm³/mol. The van der Waals surface area contributed by atoms with Crippen LogP contribution in [0.1, 0.15) is 24.3 Å². The van der Waals surface area contributed by atoms with Crippen molar-refractivity contribution in [3.63, 3.8) is 0 Å². The molecule has 0 unspecified atom stereocenters. The average Bonchev–Trinajstić information content (AvgIpc) is 3.07. The Morgan fingerprint density at radius 3 is 2.83 bits per heavy atom. The number of nitrogens with zero attached hydrogens (tertiary/aromatic N) is 3. The molecule has 6 heteroatoms. The first-order chi connectivity index (χ1) is 11.3. The van der Waals surface area contributed by atoms with Gasteiger partial charge in [-0.1, -0.05) is 23.4 Å². The fourth-order valence-corrected chi connectivity index (χ4v) is 3.24. The van der Waals surface area contributed by atoms with E-state index in [4.69, 9.17) is 4.52 Å². The zero-order valence-corrected chi connectivity index (χ0v) is 13.3. The number of rotatable bonds is 6. The third-order valence-electron chi connectivity index (χ3n) is 3.98. The van der Waals surface area contributed by atoms with E-state index in [2.05, 4.69) is 15.0 Å². The van der Waals surface area contributed by atoms with Gasteiger partial charge >= 0.3 is 0 Å². The summed E-state index contributed by atoms with van der Waals surface area (Å²) in [5.74, 6) is 1.03. The molecule has 1 aliphatic carbocycles. The summed E-state index contributed by atoms with van der Waals surface area (Å²) in [6.45, 7) is 1.11. The average molecular weight is 329 g/mol. The lowest BCUT2D eigenvalue weighted by Crippen LogP contribution is -2.25. The maximum atomic E-state index is 13.9. The van der Waals surface area contributed by atoms with Crippen LogP contribution in [0.5, 0.6) is 0 Å². The number of thiophene rings is 1. The van der Waals surface area contributed by atoms with E-state index >= 15 is 0 Å². The van der Waals surface area contributed by atoms with Gasteiger partial charge in [0.25, 0.3) is 0 Å². The largest absolute Gasteiger partial charge is 0.338 e. The van der Waals surface area contributed by atoms with Crippen LogP contribution in [0.25, 0.3) is 11.4 Å². The Balaban J connectivity index is 1.50. The number of hydrogen-bond acceptors (Lipinski definition) is 5. The van der Waals surface area contributed by atoms with Gasteiger partial charge in [-0.3, -0.25) is 4.90 Å². The highest BCUT2D eigenvalue weighted by atomic mass is 32.1. The first kappa shape index (κ1) is 14.5. The molecule has 0 atom stereocenters. The number of halogens is 1. The monoisotopic (exact) mass is 329 g/mol. The normalized spacial score (nSPS) is 14.5. The zero-order valence-electron chi connectivity index (χ0n) is 12.5. The second-order valence-corrected chi connectivity index (χ2v) is 6.53. The van der Waals surface area contributed by atoms with Gasteiger partial charge in [-0.15, -0.1) is 0 Å². The molecule has 0 bridgehead atoms. The van der Waals surface area contributed by atoms with E-state index in [-0.39, 0.29) is 5.82 Å². The number of aromatic nitrogens is 2. The number of hydrogen-bond donors (Lipinski definition) is 0. The van der Waals surface area contributed by atoms with E-state index in [0.29, 0.717) is 36.4 Å². The van der Waals surface area contributed by atoms with Crippen LogP contribution in [0.2, 0.25) is 0 Å². The maximum Gasteiger partial charge on any atom is 0.241 e. The molecule has 1 aliphatic rings. The third-order valence-corrected chi connectivity index (χ3v) is 4.66. The second-order valence-electron chi connectivity index (χ2n) is 5.75. The molecule has 3 aromatic rings. The molecular formula is C17H16FN3OS. The lowest BCUT2D eigenvalue weighted by molar-refractivity contribution is 0.207. The summed E-state index contributed by atoms with van der Waals surface area (Å²) in [5, 5.41) is 8.01. The van der Waals surface area contributed by atoms with Crippen LogP contribution in [0.3, 0.4) is 0 Å². The molecular weight excluding hydrogens is 313 g/mol. The summed E-state index contributed by atoms with van der Waals surface area (Å²) >= 11 is 1.60. The summed E-state index contributed by atoms with van der Waals surface area (Å²) in [7, 11) is 0. The van der Waals surface area contributed by atoms with Crippen molar-refractivity contribution in [3.05, 3.63) is 58.4 Å². The molecule has 23 heavy (non-hydrogen) atoms. The van der Waals surface area contributed by atoms with Crippen LogP contribution in [0.15, 0.2) is 45.6 Å². The lowest BCUT2D eigenvalue weighted by Gasteiger charge is -2.20. The summed E-state index contributed by atoms with van der Waals surface area (Å²) < 4.78 is 19.3. The Labute approximate surface area is 137 Å². The predicted octanol–water partition coefficient (Wildman–Crippen LogP) is 4.10. The first-order valence-electron chi connectivity index (χ1n) is 7.62. The molecule has 2 heterocycles. The van der Waals surface area contributed by atoms with Gasteiger partial charge in [0, 0.05) is 29.1 Å². The van der Waals surface area contributed by atoms with Crippen LogP contribution in [0.4, 0.5) is 4.39 Å². The van der Waals surface area contributed by atoms with Crippen LogP contribution in [-0.4, -0.2) is 21.1 Å². The zero-order chi connectivity index (χ0) is 15.6. The highest BCUT2D eigenvalue weighted by Gasteiger charge is 2.30. The SMILES string of the molecule is Fc1ccccc1CN(Cc1nc(-c2ccsc2)no1)C1CC1. The van der Waals surface area contributed by atoms with Crippen molar-refractivity contribution in [3.8, 4) is 11.4 Å². The molecule has 0 amide bonds. The molecule has 4 nitrogen and oxygen atoms in total. The summed E-state index contributed by atoms with van der Waals surface area (Å²) in [5.41, 5.74) is 1.68. The minimum Gasteiger partial charge on any atom is -0.338 e. The van der Waals surface area contributed by atoms with Crippen LogP contribution in [0, 0.1) is 5.82 Å². The van der Waals surface area contributed by atoms with E-state index in [1.807, 2.05) is 29.0 Å². The summed E-state index contributed by atoms with van der Waals surface area (Å²) in [6, 6.07) is 9.36. The molecule has 0 N–H and O–H groups in total. The van der Waals surface area contributed by atoms with Crippen molar-refractivity contribution < 1.29 is 8.91 Å². The molecule has 2 aromatic heterocycles. The number of benzene rings is 1. The smallest absolute Gasteiger partial charge is 0.241 e. The fraction of sp³-hybridized carbons (Fsp3) is 0.294. The Hall–Kier alpha value is -2.05. The van der Waals surface area contributed by atoms with Crippen molar-refractivity contribution in [2.75, 3.05) is 0 Å². The van der Waals surface area contributed by atoms with Crippen molar-refractivity contribution in [1.29, 1.82) is 0 Å². The van der Waals surface area contributed by atoms with Crippen LogP contribution >= 0.6 is 11.3 Å². The quantitative estimate of drug-likeness (QED) is 0.683. The molecule has 0 aliphatic heterocycles. The van der Waals surface area contributed by atoms with Gasteiger partial charge in [0.2, 0.25) is 11.7 Å². The van der Waals surface area contributed by atoms with Gasteiger partial charge in [-0.05, 0) is 30.4 Å². The van der Waals surface area contributed by atoms with Gasteiger partial charge in [0.1, 0.15) is 5.82 Å².